The van der Waals surface area contributed by atoms with E-state index in [1.54, 1.807) is 68.1 Å². The molecule has 0 bridgehead atoms. The van der Waals surface area contributed by atoms with Gasteiger partial charge in [-0.3, -0.25) is 14.5 Å². The van der Waals surface area contributed by atoms with Gasteiger partial charge < -0.3 is 19.5 Å². The molecule has 3 rings (SSSR count). The number of benzene rings is 2. The second kappa shape index (κ2) is 11.1. The van der Waals surface area contributed by atoms with Crippen molar-refractivity contribution in [1.29, 1.82) is 0 Å². The number of amides is 2. The Hall–Kier alpha value is -3.59. The second-order valence-electron chi connectivity index (χ2n) is 6.76. The summed E-state index contributed by atoms with van der Waals surface area (Å²) in [6.45, 7) is 0.296. The van der Waals surface area contributed by atoms with Gasteiger partial charge in [0.2, 0.25) is 11.8 Å². The average Bonchev–Trinajstić information content (AvgIpc) is 3.35. The molecule has 168 valence electrons. The van der Waals surface area contributed by atoms with Crippen LogP contribution in [0.1, 0.15) is 18.4 Å². The number of carbonyl (C=O) groups excluding carboxylic acids is 2. The maximum absolute atomic E-state index is 13.0. The smallest absolute Gasteiger partial charge is 0.229 e. The second-order valence-corrected chi connectivity index (χ2v) is 7.64. The molecular weight excluding hydrogens is 430 g/mol. The predicted octanol–water partition coefficient (Wildman–Crippen LogP) is 4.12. The first-order chi connectivity index (χ1) is 15.5. The zero-order chi connectivity index (χ0) is 22.9. The van der Waals surface area contributed by atoms with Crippen molar-refractivity contribution in [1.82, 2.24) is 4.98 Å². The first-order valence-electron chi connectivity index (χ1n) is 9.88. The van der Waals surface area contributed by atoms with E-state index in [-0.39, 0.29) is 24.7 Å². The molecule has 0 aliphatic rings. The van der Waals surface area contributed by atoms with Gasteiger partial charge in [0.25, 0.3) is 0 Å². The van der Waals surface area contributed by atoms with Gasteiger partial charge in [-0.25, -0.2) is 4.98 Å². The number of nitrogens with zero attached hydrogens (tertiary/aromatic N) is 2. The van der Waals surface area contributed by atoms with Gasteiger partial charge in [0.1, 0.15) is 5.75 Å². The molecule has 9 heteroatoms. The van der Waals surface area contributed by atoms with Gasteiger partial charge in [-0.1, -0.05) is 12.1 Å². The number of hydrogen-bond donors (Lipinski definition) is 1. The molecule has 1 aromatic heterocycles. The Morgan fingerprint density at radius 2 is 1.81 bits per heavy atom. The van der Waals surface area contributed by atoms with Gasteiger partial charge in [0, 0.05) is 36.2 Å². The summed E-state index contributed by atoms with van der Waals surface area (Å²) in [5.74, 6) is 1.38. The zero-order valence-electron chi connectivity index (χ0n) is 18.2. The molecule has 0 saturated heterocycles. The highest BCUT2D eigenvalue weighted by atomic mass is 32.1. The van der Waals surface area contributed by atoms with Crippen LogP contribution in [0, 0.1) is 0 Å². The summed E-state index contributed by atoms with van der Waals surface area (Å²) in [5, 5.41) is 5.16. The summed E-state index contributed by atoms with van der Waals surface area (Å²) in [6.07, 6.45) is 1.73. The van der Waals surface area contributed by atoms with E-state index in [2.05, 4.69) is 10.3 Å². The van der Waals surface area contributed by atoms with E-state index in [4.69, 9.17) is 14.2 Å². The molecule has 3 aromatic rings. The third-order valence-corrected chi connectivity index (χ3v) is 5.45. The number of aromatic nitrogens is 1. The van der Waals surface area contributed by atoms with Crippen molar-refractivity contribution in [2.45, 2.75) is 19.4 Å². The lowest BCUT2D eigenvalue weighted by Gasteiger charge is -2.21. The van der Waals surface area contributed by atoms with Crippen molar-refractivity contribution in [3.63, 3.8) is 0 Å². The standard InChI is InChI=1S/C23H25N3O5S/c1-29-18-6-4-5-17(14-18)25-21(27)9-10-22(28)26(23-24-11-12-32-23)15-16-7-8-19(30-2)20(13-16)31-3/h4-8,11-14H,9-10,15H2,1-3H3,(H,25,27). The van der Waals surface area contributed by atoms with Crippen molar-refractivity contribution in [2.24, 2.45) is 0 Å². The minimum absolute atomic E-state index is 0.0443. The molecule has 2 amide bonds. The number of hydrogen-bond acceptors (Lipinski definition) is 7. The monoisotopic (exact) mass is 455 g/mol. The van der Waals surface area contributed by atoms with Crippen molar-refractivity contribution < 1.29 is 23.8 Å². The lowest BCUT2D eigenvalue weighted by Crippen LogP contribution is -2.31. The Labute approximate surface area is 190 Å². The van der Waals surface area contributed by atoms with E-state index < -0.39 is 0 Å². The Morgan fingerprint density at radius 3 is 2.50 bits per heavy atom. The Bertz CT molecular complexity index is 1060. The molecular formula is C23H25N3O5S. The third kappa shape index (κ3) is 5.98. The van der Waals surface area contributed by atoms with E-state index in [1.165, 1.54) is 11.3 Å². The first kappa shape index (κ1) is 23.1. The van der Waals surface area contributed by atoms with Crippen molar-refractivity contribution in [3.8, 4) is 17.2 Å². The number of thiazole rings is 1. The number of ether oxygens (including phenoxy) is 3. The number of methoxy groups -OCH3 is 3. The van der Waals surface area contributed by atoms with Crippen LogP contribution in [0.5, 0.6) is 17.2 Å². The summed E-state index contributed by atoms with van der Waals surface area (Å²) in [6, 6.07) is 12.5. The number of nitrogens with one attached hydrogen (secondary N) is 1. The number of carbonyl (C=O) groups is 2. The zero-order valence-corrected chi connectivity index (χ0v) is 19.0. The predicted molar refractivity (Wildman–Crippen MR) is 124 cm³/mol. The molecule has 0 unspecified atom stereocenters. The van der Waals surface area contributed by atoms with E-state index >= 15 is 0 Å². The van der Waals surface area contributed by atoms with Gasteiger partial charge in [-0.15, -0.1) is 11.3 Å². The molecule has 0 atom stereocenters. The van der Waals surface area contributed by atoms with E-state index in [9.17, 15) is 9.59 Å². The topological polar surface area (TPSA) is 90.0 Å². The highest BCUT2D eigenvalue weighted by Crippen LogP contribution is 2.29. The molecule has 0 spiro atoms. The van der Waals surface area contributed by atoms with Crippen LogP contribution in [0.2, 0.25) is 0 Å². The van der Waals surface area contributed by atoms with Crippen molar-refractivity contribution in [2.75, 3.05) is 31.5 Å². The van der Waals surface area contributed by atoms with Crippen LogP contribution in [0.25, 0.3) is 0 Å². The number of rotatable bonds is 10. The summed E-state index contributed by atoms with van der Waals surface area (Å²) in [4.78, 5) is 31.2. The fourth-order valence-electron chi connectivity index (χ4n) is 3.05. The van der Waals surface area contributed by atoms with Crippen LogP contribution in [-0.4, -0.2) is 38.1 Å². The van der Waals surface area contributed by atoms with E-state index in [1.807, 2.05) is 12.1 Å². The molecule has 1 N–H and O–H groups in total. The normalized spacial score (nSPS) is 10.3. The lowest BCUT2D eigenvalue weighted by atomic mass is 10.1. The molecule has 0 aliphatic heterocycles. The van der Waals surface area contributed by atoms with Gasteiger partial charge >= 0.3 is 0 Å². The molecule has 0 saturated carbocycles. The molecule has 8 nitrogen and oxygen atoms in total. The SMILES string of the molecule is COc1cccc(NC(=O)CCC(=O)N(Cc2ccc(OC)c(OC)c2)c2nccs2)c1. The molecule has 2 aromatic carbocycles. The number of anilines is 2. The van der Waals surface area contributed by atoms with Crippen molar-refractivity contribution in [3.05, 3.63) is 59.6 Å². The molecule has 0 aliphatic carbocycles. The Balaban J connectivity index is 1.67. The Kier molecular flexibility index (Phi) is 8.04. The Morgan fingerprint density at radius 1 is 1.00 bits per heavy atom. The summed E-state index contributed by atoms with van der Waals surface area (Å²) < 4.78 is 15.8. The summed E-state index contributed by atoms with van der Waals surface area (Å²) in [5.41, 5.74) is 1.47. The minimum Gasteiger partial charge on any atom is -0.497 e. The van der Waals surface area contributed by atoms with E-state index in [0.717, 1.165) is 5.56 Å². The fourth-order valence-corrected chi connectivity index (χ4v) is 3.71. The maximum Gasteiger partial charge on any atom is 0.229 e. The fraction of sp³-hybridized carbons (Fsp3) is 0.261. The molecule has 32 heavy (non-hydrogen) atoms. The first-order valence-corrected chi connectivity index (χ1v) is 10.8. The van der Waals surface area contributed by atoms with Gasteiger partial charge in [-0.2, -0.15) is 0 Å². The molecule has 1 heterocycles. The van der Waals surface area contributed by atoms with Crippen LogP contribution < -0.4 is 24.4 Å². The van der Waals surface area contributed by atoms with Crippen LogP contribution in [0.4, 0.5) is 10.8 Å². The van der Waals surface area contributed by atoms with Crippen LogP contribution in [0.3, 0.4) is 0 Å². The largest absolute Gasteiger partial charge is 0.497 e. The lowest BCUT2D eigenvalue weighted by molar-refractivity contribution is -0.122. The highest BCUT2D eigenvalue weighted by Gasteiger charge is 2.20. The average molecular weight is 456 g/mol. The summed E-state index contributed by atoms with van der Waals surface area (Å²) in [7, 11) is 4.69. The minimum atomic E-state index is -0.253. The third-order valence-electron chi connectivity index (χ3n) is 4.66. The van der Waals surface area contributed by atoms with Gasteiger partial charge in [0.05, 0.1) is 27.9 Å². The van der Waals surface area contributed by atoms with E-state index in [0.29, 0.717) is 34.6 Å². The van der Waals surface area contributed by atoms with Crippen LogP contribution in [0.15, 0.2) is 54.0 Å². The summed E-state index contributed by atoms with van der Waals surface area (Å²) >= 11 is 1.36. The van der Waals surface area contributed by atoms with Gasteiger partial charge in [-0.05, 0) is 29.8 Å². The molecule has 0 fully saturated rings. The van der Waals surface area contributed by atoms with Crippen LogP contribution in [-0.2, 0) is 16.1 Å². The molecule has 0 radical (unpaired) electrons. The van der Waals surface area contributed by atoms with Crippen LogP contribution >= 0.6 is 11.3 Å². The maximum atomic E-state index is 13.0. The highest BCUT2D eigenvalue weighted by molar-refractivity contribution is 7.13. The van der Waals surface area contributed by atoms with Crippen molar-refractivity contribution >= 4 is 34.0 Å². The van der Waals surface area contributed by atoms with Gasteiger partial charge in [0.15, 0.2) is 16.6 Å². The quantitative estimate of drug-likeness (QED) is 0.495.